The van der Waals surface area contributed by atoms with Gasteiger partial charge in [-0.3, -0.25) is 23.0 Å². The molecule has 529 valence electrons. The molecule has 0 saturated carbocycles. The molecule has 93 heavy (non-hydrogen) atoms. The molecule has 1 aliphatic rings. The molecule has 6 N–H and O–H groups in total. The van der Waals surface area contributed by atoms with E-state index in [0.29, 0.717) is 26.1 Å². The largest absolute Gasteiger partial charge is 0.477 e. The van der Waals surface area contributed by atoms with Crippen LogP contribution in [0.25, 0.3) is 0 Å². The van der Waals surface area contributed by atoms with Crippen LogP contribution in [0.4, 0.5) is 0 Å². The Bertz CT molecular complexity index is 2220. The van der Waals surface area contributed by atoms with Gasteiger partial charge in [0.05, 0.1) is 32.5 Å². The molecule has 0 unspecified atom stereocenters. The zero-order valence-corrected chi connectivity index (χ0v) is 72.1. The summed E-state index contributed by atoms with van der Waals surface area (Å²) < 4.78 is 178. The Balaban J connectivity index is -0.00000516. The number of unbranched alkanes of at least 4 members (excludes halogenated alkanes) is 38. The topological polar surface area (TPSA) is 358 Å². The molecule has 1 saturated heterocycles. The third-order valence-electron chi connectivity index (χ3n) is 15.9. The summed E-state index contributed by atoms with van der Waals surface area (Å²) in [5.41, 5.74) is -1.24. The summed E-state index contributed by atoms with van der Waals surface area (Å²) in [4.78, 5) is 26.1. The maximum atomic E-state index is 13.5. The van der Waals surface area contributed by atoms with Gasteiger partial charge in [0.2, 0.25) is 5.91 Å². The smallest absolute Gasteiger partial charge is 0.397 e. The summed E-state index contributed by atoms with van der Waals surface area (Å²) in [5, 5.41) is 13.0. The summed E-state index contributed by atoms with van der Waals surface area (Å²) in [7, 11) is -23.0. The Morgan fingerprint density at radius 3 is 1.06 bits per heavy atom. The first-order valence-electron chi connectivity index (χ1n) is 33.2. The van der Waals surface area contributed by atoms with Crippen LogP contribution in [0.3, 0.4) is 0 Å². The van der Waals surface area contributed by atoms with Crippen molar-refractivity contribution in [3.8, 4) is 0 Å². The number of carboxylic acids is 1. The van der Waals surface area contributed by atoms with Crippen molar-refractivity contribution < 1.29 is 102 Å². The predicted octanol–water partition coefficient (Wildman–Crippen LogP) is 11.2. The van der Waals surface area contributed by atoms with Crippen molar-refractivity contribution >= 4 is 201 Å². The van der Waals surface area contributed by atoms with E-state index in [-0.39, 0.29) is 161 Å². The van der Waals surface area contributed by atoms with E-state index in [1.807, 2.05) is 0 Å². The minimum atomic E-state index is -5.94. The number of hydrogen-bond acceptors (Lipinski definition) is 18. The molecule has 0 aromatic carbocycles. The van der Waals surface area contributed by atoms with Gasteiger partial charge in [0.15, 0.2) is 0 Å². The molecule has 0 aromatic rings. The Morgan fingerprint density at radius 2 is 0.796 bits per heavy atom. The zero-order valence-electron chi connectivity index (χ0n) is 58.8. The molecule has 0 bridgehead atoms. The van der Waals surface area contributed by atoms with Gasteiger partial charge >= 0.3 is 47.6 Å². The summed E-state index contributed by atoms with van der Waals surface area (Å²) in [6, 6.07) is -2.26. The number of carbonyl (C=O) groups excluding carboxylic acids is 1. The normalized spacial score (nSPS) is 17.6. The molecule has 5 radical (unpaired) electrons. The molecule has 1 heterocycles. The second-order valence-corrected chi connectivity index (χ2v) is 28.8. The number of amides is 1. The second-order valence-electron chi connectivity index (χ2n) is 24.5. The van der Waals surface area contributed by atoms with Crippen molar-refractivity contribution in [3.63, 3.8) is 0 Å². The van der Waals surface area contributed by atoms with E-state index in [4.69, 9.17) is 23.1 Å². The third kappa shape index (κ3) is 60.3. The van der Waals surface area contributed by atoms with Crippen molar-refractivity contribution in [1.29, 1.82) is 0 Å². The van der Waals surface area contributed by atoms with Gasteiger partial charge in [-0.1, -0.05) is 265 Å². The number of carbonyl (C=O) groups is 2. The summed E-state index contributed by atoms with van der Waals surface area (Å²) in [6.45, 7) is 4.87. The minimum Gasteiger partial charge on any atom is -0.477 e. The van der Waals surface area contributed by atoms with Gasteiger partial charge in [0, 0.05) is 180 Å². The average molecular weight is 1460 g/mol. The fraction of sp³-hybridized carbons (Fsp3) is 0.967. The van der Waals surface area contributed by atoms with E-state index in [1.54, 1.807) is 6.92 Å². The number of carboxylic acid groups (broad SMARTS) is 1. The van der Waals surface area contributed by atoms with Gasteiger partial charge in [-0.05, 0) is 12.8 Å². The van der Waals surface area contributed by atoms with Gasteiger partial charge in [0.1, 0.15) is 24.4 Å². The van der Waals surface area contributed by atoms with Gasteiger partial charge in [-0.15, -0.1) is 0 Å². The van der Waals surface area contributed by atoms with Crippen molar-refractivity contribution in [2.75, 3.05) is 39.6 Å². The first-order chi connectivity index (χ1) is 41.6. The van der Waals surface area contributed by atoms with E-state index in [0.717, 1.165) is 58.3 Å². The van der Waals surface area contributed by atoms with E-state index in [2.05, 4.69) is 31.7 Å². The summed E-state index contributed by atoms with van der Waals surface area (Å²) in [5.74, 6) is -6.45. The first-order valence-corrected chi connectivity index (χ1v) is 38.7. The number of hydrogen-bond donors (Lipinski definition) is 6. The van der Waals surface area contributed by atoms with Gasteiger partial charge in [0.25, 0.3) is 5.79 Å². The number of nitrogens with one attached hydrogen (secondary N) is 1. The van der Waals surface area contributed by atoms with E-state index in [9.17, 15) is 66.6 Å². The standard InChI is InChI=1S/C60H117NO23S4.5Na/c1-5-7-9-11-13-15-17-19-21-23-25-27-29-31-33-35-37-39-41-43-45-77-49-59(4,50-78-46-44-42-40-38-36-34-32-30-28-26-24-22-20-18-16-14-12-10-8-6-2)51-79-60(58(63)64)47-53(82-86(68,69)70)55(61-52(3)62)57(81-60)56(84-88(74,75)76)54(83-87(71,72)73)48-80-85(65,66)67;;;;;/h53-57H,5-51H2,1-4H3,(H,61,62)(H,63,64)(H,65,66,67)(H,68,69,70)(H,71,72,73)(H,74,75,76);;;;;/t53-,54+,55+,56+,57+,60+;;;;;/m0...../s1. The van der Waals surface area contributed by atoms with E-state index < -0.39 is 115 Å². The quantitative estimate of drug-likeness (QED) is 0.0187. The molecule has 6 atom stereocenters. The van der Waals surface area contributed by atoms with E-state index in [1.165, 1.54) is 193 Å². The van der Waals surface area contributed by atoms with Crippen LogP contribution in [0.1, 0.15) is 291 Å². The molecule has 24 nitrogen and oxygen atoms in total. The van der Waals surface area contributed by atoms with Crippen LogP contribution >= 0.6 is 0 Å². The summed E-state index contributed by atoms with van der Waals surface area (Å²) >= 11 is 0. The number of rotatable bonds is 62. The Morgan fingerprint density at radius 1 is 0.484 bits per heavy atom. The molecular weight excluding hydrogens is 1350 g/mol. The molecule has 1 rings (SSSR count). The van der Waals surface area contributed by atoms with Crippen molar-refractivity contribution in [3.05, 3.63) is 0 Å². The van der Waals surface area contributed by atoms with Crippen LogP contribution in [0.5, 0.6) is 0 Å². The van der Waals surface area contributed by atoms with Crippen molar-refractivity contribution in [2.24, 2.45) is 5.41 Å². The summed E-state index contributed by atoms with van der Waals surface area (Å²) in [6.07, 6.45) is 36.6. The van der Waals surface area contributed by atoms with Crippen LogP contribution in [-0.2, 0) is 86.9 Å². The monoisotopic (exact) mass is 1460 g/mol. The van der Waals surface area contributed by atoms with Crippen LogP contribution in [0.15, 0.2) is 0 Å². The molecule has 1 fully saturated rings. The SMILES string of the molecule is CCCCCCCCCCCCCCCCCCCCCCOCC(C)(COCCCCCCCCCCCCCCCCCCCCCC)CO[C@]1(C(=O)O)C[C@H](OS(=O)(=O)O)[C@@H](NC(C)=O)[C@H]([C@H](OS(=O)(=O)O)[C@@H](COS(=O)(=O)O)OS(=O)(=O)O)O1.[Na].[Na].[Na].[Na].[Na]. The van der Waals surface area contributed by atoms with Crippen LogP contribution in [-0.4, -0.2) is 293 Å². The zero-order chi connectivity index (χ0) is 65.6. The molecule has 33 heteroatoms. The van der Waals surface area contributed by atoms with Crippen molar-refractivity contribution in [1.82, 2.24) is 5.32 Å². The average Bonchev–Trinajstić information content (AvgIpc) is 0.755. The molecular formula is C60H117NNa5O23S4. The van der Waals surface area contributed by atoms with Gasteiger partial charge in [-0.25, -0.2) is 21.5 Å². The Hall–Kier alpha value is 3.26. The van der Waals surface area contributed by atoms with Crippen LogP contribution < -0.4 is 5.32 Å². The Labute approximate surface area is 672 Å². The first kappa shape index (κ1) is 105. The van der Waals surface area contributed by atoms with Gasteiger partial charge < -0.3 is 29.4 Å². The van der Waals surface area contributed by atoms with E-state index >= 15 is 0 Å². The second kappa shape index (κ2) is 62.6. The molecule has 0 spiro atoms. The number of ether oxygens (including phenoxy) is 4. The predicted molar refractivity (Wildman–Crippen MR) is 365 cm³/mol. The minimum absolute atomic E-state index is 0. The van der Waals surface area contributed by atoms with Crippen LogP contribution in [0, 0.1) is 5.41 Å². The Kier molecular flexibility index (Phi) is 70.6. The number of aliphatic carboxylic acids is 1. The molecule has 0 aromatic heterocycles. The fourth-order valence-electron chi connectivity index (χ4n) is 11.1. The van der Waals surface area contributed by atoms with Crippen molar-refractivity contribution in [2.45, 2.75) is 327 Å². The third-order valence-corrected chi connectivity index (χ3v) is 17.8. The molecule has 0 aliphatic carbocycles. The maximum absolute atomic E-state index is 13.5. The van der Waals surface area contributed by atoms with Gasteiger partial charge in [-0.2, -0.15) is 33.7 Å². The van der Waals surface area contributed by atoms with Crippen LogP contribution in [0.2, 0.25) is 0 Å². The molecule has 1 amide bonds. The molecule has 1 aliphatic heterocycles. The maximum Gasteiger partial charge on any atom is 0.397 e. The fourth-order valence-corrected chi connectivity index (χ4v) is 12.9.